The topological polar surface area (TPSA) is 38.7 Å². The van der Waals surface area contributed by atoms with Crippen LogP contribution in [0.15, 0.2) is 364 Å². The number of nitrogens with zero attached hydrogens (tertiary/aromatic N) is 6. The average molecular weight is 1180 g/mol. The Labute approximate surface area is 539 Å². The Bertz CT molecular complexity index is 4330. The highest BCUT2D eigenvalue weighted by molar-refractivity contribution is 5.85. The smallest absolute Gasteiger partial charge is 0.0892 e. The minimum Gasteiger partial charge on any atom is -0.311 e. The van der Waals surface area contributed by atoms with Gasteiger partial charge in [-0.1, -0.05) is 206 Å². The maximum atomic E-state index is 4.76. The summed E-state index contributed by atoms with van der Waals surface area (Å²) in [6, 6.07) is 124. The molecule has 438 valence electrons. The van der Waals surface area contributed by atoms with E-state index in [1.165, 1.54) is 0 Å². The first-order valence-corrected chi connectivity index (χ1v) is 31.0. The van der Waals surface area contributed by atoms with Crippen molar-refractivity contribution in [3.63, 3.8) is 0 Å². The van der Waals surface area contributed by atoms with Crippen LogP contribution >= 0.6 is 0 Å². The third kappa shape index (κ3) is 13.2. The highest BCUT2D eigenvalue weighted by Crippen LogP contribution is 2.41. The van der Waals surface area contributed by atoms with E-state index >= 15 is 0 Å². The first-order valence-electron chi connectivity index (χ1n) is 31.0. The number of aromatic nitrogens is 2. The molecule has 0 aliphatic heterocycles. The van der Waals surface area contributed by atoms with Gasteiger partial charge in [0, 0.05) is 80.6 Å². The Morgan fingerprint density at radius 1 is 0.174 bits per heavy atom. The van der Waals surface area contributed by atoms with Crippen LogP contribution in [0, 0.1) is 0 Å². The second kappa shape index (κ2) is 27.3. The van der Waals surface area contributed by atoms with Crippen LogP contribution in [0.2, 0.25) is 0 Å². The van der Waals surface area contributed by atoms with E-state index in [2.05, 4.69) is 384 Å². The number of para-hydroxylation sites is 6. The predicted molar refractivity (Wildman–Crippen MR) is 388 cm³/mol. The number of hydrogen-bond acceptors (Lipinski definition) is 6. The minimum absolute atomic E-state index is 0.808. The van der Waals surface area contributed by atoms with Crippen molar-refractivity contribution in [1.82, 2.24) is 9.97 Å². The molecular formula is C86H64N6. The van der Waals surface area contributed by atoms with Crippen LogP contribution in [0.3, 0.4) is 0 Å². The normalized spacial score (nSPS) is 11.2. The van der Waals surface area contributed by atoms with Gasteiger partial charge in [-0.15, -0.1) is 0 Å². The predicted octanol–water partition coefficient (Wildman–Crippen LogP) is 23.7. The molecular weight excluding hydrogens is 1120 g/mol. The van der Waals surface area contributed by atoms with Crippen LogP contribution in [0.5, 0.6) is 0 Å². The van der Waals surface area contributed by atoms with E-state index in [1.807, 2.05) is 24.5 Å². The SMILES string of the molecule is C(=C\c1ccnc(-c2cc(/C=C/c3ccc(N(c4ccccc4)c4ccc(-c5ccc(N(c6ccccc6)c6ccccc6)cc5)cc4)cc3)ccn2)c1)/c1ccc(N(c2ccccc2)c2ccc(-c3ccc(N(c4ccccc4)c4ccccc4)cc3)cc2)cc1. The highest BCUT2D eigenvalue weighted by atomic mass is 15.2. The van der Waals surface area contributed by atoms with Crippen LogP contribution in [0.4, 0.5) is 68.2 Å². The number of pyridine rings is 2. The monoisotopic (exact) mass is 1180 g/mol. The molecule has 6 nitrogen and oxygen atoms in total. The molecule has 0 radical (unpaired) electrons. The van der Waals surface area contributed by atoms with Crippen molar-refractivity contribution < 1.29 is 0 Å². The first kappa shape index (κ1) is 57.4. The number of hydrogen-bond donors (Lipinski definition) is 0. The van der Waals surface area contributed by atoms with Gasteiger partial charge in [-0.3, -0.25) is 9.97 Å². The summed E-state index contributed by atoms with van der Waals surface area (Å²) in [4.78, 5) is 18.7. The van der Waals surface area contributed by atoms with Gasteiger partial charge >= 0.3 is 0 Å². The molecule has 0 amide bonds. The van der Waals surface area contributed by atoms with Crippen molar-refractivity contribution in [2.24, 2.45) is 0 Å². The summed E-state index contributed by atoms with van der Waals surface area (Å²) in [5, 5.41) is 0. The van der Waals surface area contributed by atoms with Crippen LogP contribution < -0.4 is 19.6 Å². The zero-order chi connectivity index (χ0) is 61.7. The molecule has 0 spiro atoms. The summed E-state index contributed by atoms with van der Waals surface area (Å²) < 4.78 is 0. The zero-order valence-corrected chi connectivity index (χ0v) is 50.6. The second-order valence-electron chi connectivity index (χ2n) is 22.3. The largest absolute Gasteiger partial charge is 0.311 e. The Balaban J connectivity index is 0.634. The van der Waals surface area contributed by atoms with Crippen LogP contribution in [0.25, 0.3) is 57.9 Å². The summed E-state index contributed by atoms with van der Waals surface area (Å²) in [5.74, 6) is 0. The summed E-state index contributed by atoms with van der Waals surface area (Å²) in [7, 11) is 0. The van der Waals surface area contributed by atoms with E-state index in [-0.39, 0.29) is 0 Å². The van der Waals surface area contributed by atoms with E-state index < -0.39 is 0 Å². The quantitative estimate of drug-likeness (QED) is 0.0803. The lowest BCUT2D eigenvalue weighted by Gasteiger charge is -2.26. The fraction of sp³-hybridized carbons (Fsp3) is 0. The van der Waals surface area contributed by atoms with Gasteiger partial charge in [-0.25, -0.2) is 0 Å². The van der Waals surface area contributed by atoms with Gasteiger partial charge < -0.3 is 19.6 Å². The van der Waals surface area contributed by atoms with E-state index in [9.17, 15) is 0 Å². The van der Waals surface area contributed by atoms with Crippen LogP contribution in [-0.4, -0.2) is 9.97 Å². The summed E-state index contributed by atoms with van der Waals surface area (Å²) in [6.07, 6.45) is 12.3. The summed E-state index contributed by atoms with van der Waals surface area (Å²) in [6.45, 7) is 0. The van der Waals surface area contributed by atoms with E-state index in [0.29, 0.717) is 0 Å². The molecule has 0 unspecified atom stereocenters. The summed E-state index contributed by atoms with van der Waals surface area (Å²) in [5.41, 5.74) is 23.6. The van der Waals surface area contributed by atoms with Gasteiger partial charge in [0.25, 0.3) is 0 Å². The molecule has 0 fully saturated rings. The lowest BCUT2D eigenvalue weighted by Crippen LogP contribution is -2.09. The molecule has 14 aromatic rings. The van der Waals surface area contributed by atoms with Crippen molar-refractivity contribution in [3.05, 3.63) is 386 Å². The fourth-order valence-corrected chi connectivity index (χ4v) is 11.7. The third-order valence-electron chi connectivity index (χ3n) is 16.3. The molecule has 0 N–H and O–H groups in total. The molecule has 12 aromatic carbocycles. The number of anilines is 12. The van der Waals surface area contributed by atoms with Gasteiger partial charge in [0.2, 0.25) is 0 Å². The van der Waals surface area contributed by atoms with E-state index in [0.717, 1.165) is 124 Å². The highest BCUT2D eigenvalue weighted by Gasteiger charge is 2.18. The van der Waals surface area contributed by atoms with Gasteiger partial charge in [-0.05, 0) is 214 Å². The molecule has 6 heteroatoms. The Morgan fingerprint density at radius 3 is 0.576 bits per heavy atom. The van der Waals surface area contributed by atoms with Crippen molar-refractivity contribution >= 4 is 92.6 Å². The summed E-state index contributed by atoms with van der Waals surface area (Å²) >= 11 is 0. The molecule has 2 aromatic heterocycles. The third-order valence-corrected chi connectivity index (χ3v) is 16.3. The Hall–Kier alpha value is -12.4. The molecule has 0 saturated carbocycles. The first-order chi connectivity index (χ1) is 45.6. The lowest BCUT2D eigenvalue weighted by molar-refractivity contribution is 1.24. The molecule has 92 heavy (non-hydrogen) atoms. The van der Waals surface area contributed by atoms with Gasteiger partial charge in [-0.2, -0.15) is 0 Å². The molecule has 14 rings (SSSR count). The van der Waals surface area contributed by atoms with Crippen LogP contribution in [-0.2, 0) is 0 Å². The lowest BCUT2D eigenvalue weighted by atomic mass is 10.0. The molecule has 0 saturated heterocycles. The molecule has 0 aliphatic carbocycles. The van der Waals surface area contributed by atoms with Gasteiger partial charge in [0.05, 0.1) is 11.4 Å². The van der Waals surface area contributed by atoms with E-state index in [4.69, 9.17) is 9.97 Å². The zero-order valence-electron chi connectivity index (χ0n) is 50.6. The maximum absolute atomic E-state index is 4.76. The molecule has 0 aliphatic rings. The molecule has 2 heterocycles. The van der Waals surface area contributed by atoms with Crippen molar-refractivity contribution in [1.29, 1.82) is 0 Å². The number of benzene rings is 12. The second-order valence-corrected chi connectivity index (χ2v) is 22.3. The standard InChI is InChI=1S/C86H64N6/c1-7-19-73(20-8-1)89(74-21-9-2-10-22-74)81-51-39-69(40-52-81)71-43-55-83(56-44-71)91(77-27-15-5-16-28-77)79-47-35-65(36-48-79)31-33-67-59-61-87-85(63-67)86-64-68(60-62-88-86)34-32-66-37-49-80(50-38-66)92(78-29-17-6-18-30-78)84-57-45-72(46-58-84)70-41-53-82(54-42-70)90(75-23-11-3-12-24-75)76-25-13-4-14-26-76/h1-64H/b33-31+,34-32+. The van der Waals surface area contributed by atoms with E-state index in [1.54, 1.807) is 0 Å². The van der Waals surface area contributed by atoms with Crippen molar-refractivity contribution in [2.75, 3.05) is 19.6 Å². The van der Waals surface area contributed by atoms with Gasteiger partial charge in [0.1, 0.15) is 0 Å². The maximum Gasteiger partial charge on any atom is 0.0892 e. The minimum atomic E-state index is 0.808. The molecule has 0 atom stereocenters. The number of rotatable bonds is 19. The Morgan fingerprint density at radius 2 is 0.359 bits per heavy atom. The van der Waals surface area contributed by atoms with Crippen LogP contribution in [0.1, 0.15) is 22.3 Å². The fourth-order valence-electron chi connectivity index (χ4n) is 11.7. The van der Waals surface area contributed by atoms with Crippen molar-refractivity contribution in [2.45, 2.75) is 0 Å². The molecule has 0 bridgehead atoms. The Kier molecular flexibility index (Phi) is 17.1. The average Bonchev–Trinajstić information content (AvgIpc) is 2.19. The van der Waals surface area contributed by atoms with Gasteiger partial charge in [0.15, 0.2) is 0 Å². The van der Waals surface area contributed by atoms with Crippen molar-refractivity contribution in [3.8, 4) is 33.6 Å².